The van der Waals surface area contributed by atoms with E-state index >= 15 is 0 Å². The largest absolute Gasteiger partial charge is 0.353 e. The lowest BCUT2D eigenvalue weighted by Gasteiger charge is -2.36. The molecule has 2 saturated heterocycles. The van der Waals surface area contributed by atoms with E-state index in [0.29, 0.717) is 6.04 Å². The Morgan fingerprint density at radius 2 is 1.82 bits per heavy atom. The van der Waals surface area contributed by atoms with Gasteiger partial charge in [-0.3, -0.25) is 9.69 Å². The smallest absolute Gasteiger partial charge is 0.237 e. The molecule has 2 heterocycles. The van der Waals surface area contributed by atoms with Crippen LogP contribution in [0.3, 0.4) is 0 Å². The molecule has 0 radical (unpaired) electrons. The van der Waals surface area contributed by atoms with Crippen LogP contribution >= 0.6 is 37.2 Å². The number of piperazine rings is 1. The number of carbonyl (C=O) groups is 1. The van der Waals surface area contributed by atoms with Gasteiger partial charge in [0, 0.05) is 38.8 Å². The van der Waals surface area contributed by atoms with Crippen molar-refractivity contribution in [3.63, 3.8) is 0 Å². The Hall–Kier alpha value is 0.220. The number of nitrogens with one attached hydrogen (secondary N) is 2. The van der Waals surface area contributed by atoms with Crippen LogP contribution in [0.2, 0.25) is 0 Å². The lowest BCUT2D eigenvalue weighted by atomic mass is 10.0. The quantitative estimate of drug-likeness (QED) is 0.771. The Morgan fingerprint density at radius 1 is 1.18 bits per heavy atom. The lowest BCUT2D eigenvalue weighted by molar-refractivity contribution is -0.123. The van der Waals surface area contributed by atoms with Gasteiger partial charge in [-0.25, -0.2) is 0 Å². The van der Waals surface area contributed by atoms with Crippen LogP contribution in [0, 0.1) is 0 Å². The highest BCUT2D eigenvalue weighted by molar-refractivity contribution is 5.86. The summed E-state index contributed by atoms with van der Waals surface area (Å²) < 4.78 is 0. The van der Waals surface area contributed by atoms with Crippen molar-refractivity contribution < 1.29 is 4.79 Å². The molecule has 8 heteroatoms. The van der Waals surface area contributed by atoms with Crippen LogP contribution < -0.4 is 10.6 Å². The van der Waals surface area contributed by atoms with Crippen molar-refractivity contribution in [2.75, 3.05) is 46.3 Å². The van der Waals surface area contributed by atoms with Crippen molar-refractivity contribution in [1.82, 2.24) is 20.4 Å². The predicted molar refractivity (Wildman–Crippen MR) is 98.9 cm³/mol. The second-order valence-electron chi connectivity index (χ2n) is 5.94. The molecule has 134 valence electrons. The van der Waals surface area contributed by atoms with E-state index in [-0.39, 0.29) is 49.2 Å². The first kappa shape index (κ1) is 24.5. The van der Waals surface area contributed by atoms with E-state index in [1.54, 1.807) is 0 Å². The Balaban J connectivity index is 0. The van der Waals surface area contributed by atoms with Gasteiger partial charge in [-0.2, -0.15) is 0 Å². The highest BCUT2D eigenvalue weighted by atomic mass is 35.5. The monoisotopic (exact) mass is 376 g/mol. The highest BCUT2D eigenvalue weighted by Gasteiger charge is 2.23. The highest BCUT2D eigenvalue weighted by Crippen LogP contribution is 2.07. The summed E-state index contributed by atoms with van der Waals surface area (Å²) >= 11 is 0. The first-order valence-corrected chi connectivity index (χ1v) is 7.60. The Kier molecular flexibility index (Phi) is 14.0. The van der Waals surface area contributed by atoms with Gasteiger partial charge < -0.3 is 15.5 Å². The normalized spacial score (nSPS) is 24.2. The molecule has 2 fully saturated rings. The molecule has 0 aromatic heterocycles. The van der Waals surface area contributed by atoms with Gasteiger partial charge in [0.15, 0.2) is 0 Å². The number of halogens is 3. The standard InChI is InChI=1S/C14H28N4O.3ClH/c1-12(18-9-7-17(2)8-10-18)11-16-14(19)13-5-3-4-6-15-13;;;/h12-13,15H,3-11H2,1-2H3,(H,16,19);3*1H/t12?,13-;;;/m1.../s1. The zero-order valence-electron chi connectivity index (χ0n) is 13.5. The molecule has 2 aliphatic rings. The number of carbonyl (C=O) groups excluding carboxylic acids is 1. The van der Waals surface area contributed by atoms with Crippen molar-refractivity contribution in [3.05, 3.63) is 0 Å². The third-order valence-corrected chi connectivity index (χ3v) is 4.36. The minimum atomic E-state index is 0. The molecular weight excluding hydrogens is 347 g/mol. The van der Waals surface area contributed by atoms with Crippen LogP contribution in [-0.4, -0.2) is 74.1 Å². The fourth-order valence-electron chi connectivity index (χ4n) is 2.84. The van der Waals surface area contributed by atoms with Gasteiger partial charge in [0.2, 0.25) is 5.91 Å². The van der Waals surface area contributed by atoms with Gasteiger partial charge >= 0.3 is 0 Å². The van der Waals surface area contributed by atoms with Crippen LogP contribution in [-0.2, 0) is 4.79 Å². The molecule has 0 aromatic carbocycles. The summed E-state index contributed by atoms with van der Waals surface area (Å²) in [5, 5.41) is 6.40. The fraction of sp³-hybridized carbons (Fsp3) is 0.929. The Morgan fingerprint density at radius 3 is 2.36 bits per heavy atom. The van der Waals surface area contributed by atoms with E-state index < -0.39 is 0 Å². The molecule has 5 nitrogen and oxygen atoms in total. The third-order valence-electron chi connectivity index (χ3n) is 4.36. The second kappa shape index (κ2) is 12.6. The van der Waals surface area contributed by atoms with Gasteiger partial charge in [0.1, 0.15) is 0 Å². The summed E-state index contributed by atoms with van der Waals surface area (Å²) in [5.41, 5.74) is 0. The molecule has 22 heavy (non-hydrogen) atoms. The van der Waals surface area contributed by atoms with Crippen LogP contribution in [0.15, 0.2) is 0 Å². The van der Waals surface area contributed by atoms with E-state index in [4.69, 9.17) is 0 Å². The third kappa shape index (κ3) is 7.66. The van der Waals surface area contributed by atoms with E-state index in [0.717, 1.165) is 45.7 Å². The number of nitrogens with zero attached hydrogens (tertiary/aromatic N) is 2. The fourth-order valence-corrected chi connectivity index (χ4v) is 2.84. The molecule has 0 saturated carbocycles. The number of piperidine rings is 1. The summed E-state index contributed by atoms with van der Waals surface area (Å²) in [5.74, 6) is 0.181. The molecule has 2 aliphatic heterocycles. The Bertz CT molecular complexity index is 296. The van der Waals surface area contributed by atoms with Crippen molar-refractivity contribution in [1.29, 1.82) is 0 Å². The zero-order chi connectivity index (χ0) is 13.7. The summed E-state index contributed by atoms with van der Waals surface area (Å²) in [6, 6.07) is 0.467. The van der Waals surface area contributed by atoms with Gasteiger partial charge in [-0.1, -0.05) is 6.42 Å². The maximum atomic E-state index is 12.0. The summed E-state index contributed by atoms with van der Waals surface area (Å²) in [6.07, 6.45) is 3.34. The number of likely N-dealkylation sites (N-methyl/N-ethyl adjacent to an activating group) is 1. The van der Waals surface area contributed by atoms with Gasteiger partial charge in [0.25, 0.3) is 0 Å². The zero-order valence-corrected chi connectivity index (χ0v) is 16.0. The molecule has 1 amide bonds. The van der Waals surface area contributed by atoms with E-state index in [2.05, 4.69) is 34.4 Å². The maximum absolute atomic E-state index is 12.0. The summed E-state index contributed by atoms with van der Waals surface area (Å²) in [6.45, 7) is 8.42. The number of rotatable bonds is 4. The molecule has 0 aliphatic carbocycles. The van der Waals surface area contributed by atoms with Gasteiger partial charge in [-0.15, -0.1) is 37.2 Å². The number of amides is 1. The molecule has 1 unspecified atom stereocenters. The molecule has 0 bridgehead atoms. The molecule has 0 aromatic rings. The van der Waals surface area contributed by atoms with Crippen LogP contribution in [0.1, 0.15) is 26.2 Å². The van der Waals surface area contributed by atoms with Crippen LogP contribution in [0.4, 0.5) is 0 Å². The Labute approximate surface area is 153 Å². The molecule has 2 atom stereocenters. The molecule has 2 rings (SSSR count). The average molecular weight is 378 g/mol. The van der Waals surface area contributed by atoms with Gasteiger partial charge in [-0.05, 0) is 33.4 Å². The predicted octanol–water partition coefficient (Wildman–Crippen LogP) is 1.15. The molecule has 2 N–H and O–H groups in total. The maximum Gasteiger partial charge on any atom is 0.237 e. The molecular formula is C14H31Cl3N4O. The van der Waals surface area contributed by atoms with Crippen LogP contribution in [0.5, 0.6) is 0 Å². The van der Waals surface area contributed by atoms with Crippen LogP contribution in [0.25, 0.3) is 0 Å². The first-order valence-electron chi connectivity index (χ1n) is 7.60. The van der Waals surface area contributed by atoms with Gasteiger partial charge in [0.05, 0.1) is 6.04 Å². The van der Waals surface area contributed by atoms with Crippen molar-refractivity contribution >= 4 is 43.1 Å². The van der Waals surface area contributed by atoms with E-state index in [9.17, 15) is 4.79 Å². The molecule has 0 spiro atoms. The second-order valence-corrected chi connectivity index (χ2v) is 5.94. The minimum absolute atomic E-state index is 0. The number of hydrogen-bond donors (Lipinski definition) is 2. The summed E-state index contributed by atoms with van der Waals surface area (Å²) in [4.78, 5) is 16.9. The van der Waals surface area contributed by atoms with Crippen molar-refractivity contribution in [3.8, 4) is 0 Å². The van der Waals surface area contributed by atoms with Crippen molar-refractivity contribution in [2.45, 2.75) is 38.3 Å². The first-order chi connectivity index (χ1) is 9.16. The summed E-state index contributed by atoms with van der Waals surface area (Å²) in [7, 11) is 2.17. The SMILES string of the molecule is CC(CNC(=O)[C@H]1CCCCN1)N1CCN(C)CC1.Cl.Cl.Cl. The van der Waals surface area contributed by atoms with Crippen molar-refractivity contribution in [2.24, 2.45) is 0 Å². The van der Waals surface area contributed by atoms with E-state index in [1.807, 2.05) is 0 Å². The average Bonchev–Trinajstić information content (AvgIpc) is 2.46. The van der Waals surface area contributed by atoms with E-state index in [1.165, 1.54) is 12.8 Å². The number of hydrogen-bond acceptors (Lipinski definition) is 4. The topological polar surface area (TPSA) is 47.6 Å². The lowest BCUT2D eigenvalue weighted by Crippen LogP contribution is -2.53. The minimum Gasteiger partial charge on any atom is -0.353 e.